The smallest absolute Gasteiger partial charge is 0.243 e. The van der Waals surface area contributed by atoms with E-state index in [1.807, 2.05) is 19.9 Å². The molecule has 0 heterocycles. The predicted molar refractivity (Wildman–Crippen MR) is 106 cm³/mol. The van der Waals surface area contributed by atoms with Crippen molar-refractivity contribution in [3.8, 4) is 0 Å². The third-order valence-corrected chi connectivity index (χ3v) is 5.63. The molecule has 0 spiro atoms. The lowest BCUT2D eigenvalue weighted by atomic mass is 10.1. The normalized spacial score (nSPS) is 15.7. The number of benzene rings is 1. The highest BCUT2D eigenvalue weighted by Gasteiger charge is 2.30. The lowest BCUT2D eigenvalue weighted by Crippen LogP contribution is -2.50. The molecule has 1 fully saturated rings. The molecule has 0 aliphatic heterocycles. The van der Waals surface area contributed by atoms with Gasteiger partial charge in [0, 0.05) is 19.0 Å². The average Bonchev–Trinajstić information content (AvgIpc) is 3.11. The van der Waals surface area contributed by atoms with Crippen molar-refractivity contribution in [2.75, 3.05) is 0 Å². The fourth-order valence-corrected chi connectivity index (χ4v) is 3.80. The van der Waals surface area contributed by atoms with Crippen LogP contribution in [0.3, 0.4) is 0 Å². The number of nitrogens with one attached hydrogen (secondary N) is 1. The van der Waals surface area contributed by atoms with E-state index in [1.54, 1.807) is 17.0 Å². The van der Waals surface area contributed by atoms with Crippen LogP contribution in [0.25, 0.3) is 0 Å². The van der Waals surface area contributed by atoms with Gasteiger partial charge in [-0.2, -0.15) is 0 Å². The second kappa shape index (κ2) is 10.2. The van der Waals surface area contributed by atoms with Gasteiger partial charge in [0.1, 0.15) is 6.04 Å². The molecule has 1 aromatic carbocycles. The Bertz CT molecular complexity index is 630. The van der Waals surface area contributed by atoms with Gasteiger partial charge in [0.15, 0.2) is 0 Å². The average molecular weight is 399 g/mol. The molecule has 0 aromatic heterocycles. The molecule has 4 nitrogen and oxygen atoms in total. The van der Waals surface area contributed by atoms with E-state index in [9.17, 15) is 9.59 Å². The second-order valence-corrected chi connectivity index (χ2v) is 7.75. The van der Waals surface area contributed by atoms with Crippen molar-refractivity contribution >= 4 is 35.0 Å². The van der Waals surface area contributed by atoms with E-state index in [-0.39, 0.29) is 17.9 Å². The van der Waals surface area contributed by atoms with Crippen molar-refractivity contribution in [1.29, 1.82) is 0 Å². The minimum absolute atomic E-state index is 0.00741. The van der Waals surface area contributed by atoms with Gasteiger partial charge in [-0.05, 0) is 43.4 Å². The summed E-state index contributed by atoms with van der Waals surface area (Å²) in [5.74, 6) is -0.0593. The molecule has 144 valence electrons. The van der Waals surface area contributed by atoms with Crippen LogP contribution in [-0.2, 0) is 16.1 Å². The van der Waals surface area contributed by atoms with Crippen molar-refractivity contribution in [1.82, 2.24) is 10.2 Å². The fraction of sp³-hybridized carbons (Fsp3) is 0.600. The van der Waals surface area contributed by atoms with Crippen LogP contribution in [0.5, 0.6) is 0 Å². The maximum absolute atomic E-state index is 12.8. The van der Waals surface area contributed by atoms with Crippen LogP contribution in [0.2, 0.25) is 10.0 Å². The Labute approximate surface area is 166 Å². The zero-order chi connectivity index (χ0) is 19.1. The SMILES string of the molecule is CCCC(=O)N(Cc1ccc(Cl)c(Cl)c1)[C@H](CC)C(=O)NC1CCCC1. The number of hydrogen-bond donors (Lipinski definition) is 1. The predicted octanol–water partition coefficient (Wildman–Crippen LogP) is 4.96. The van der Waals surface area contributed by atoms with Crippen molar-refractivity contribution < 1.29 is 9.59 Å². The first-order valence-corrected chi connectivity index (χ1v) is 10.3. The standard InChI is InChI=1S/C20H28Cl2N2O2/c1-3-7-19(25)24(13-14-10-11-16(21)17(22)12-14)18(4-2)20(26)23-15-8-5-6-9-15/h10-12,15,18H,3-9,13H2,1-2H3,(H,23,26)/t18-/m1/s1. The molecule has 2 rings (SSSR count). The fourth-order valence-electron chi connectivity index (χ4n) is 3.48. The summed E-state index contributed by atoms with van der Waals surface area (Å²) in [7, 11) is 0. The Morgan fingerprint density at radius 1 is 1.19 bits per heavy atom. The van der Waals surface area contributed by atoms with Gasteiger partial charge in [0.2, 0.25) is 11.8 Å². The van der Waals surface area contributed by atoms with Gasteiger partial charge in [-0.1, -0.05) is 56.0 Å². The molecule has 1 aliphatic carbocycles. The summed E-state index contributed by atoms with van der Waals surface area (Å²) < 4.78 is 0. The molecule has 1 atom stereocenters. The maximum atomic E-state index is 12.8. The third kappa shape index (κ3) is 5.62. The zero-order valence-corrected chi connectivity index (χ0v) is 17.1. The minimum atomic E-state index is -0.468. The zero-order valence-electron chi connectivity index (χ0n) is 15.6. The van der Waals surface area contributed by atoms with Gasteiger partial charge >= 0.3 is 0 Å². The Balaban J connectivity index is 2.18. The molecule has 0 saturated heterocycles. The molecule has 2 amide bonds. The van der Waals surface area contributed by atoms with Gasteiger partial charge < -0.3 is 10.2 Å². The number of hydrogen-bond acceptors (Lipinski definition) is 2. The Morgan fingerprint density at radius 3 is 2.46 bits per heavy atom. The Hall–Kier alpha value is -1.26. The third-order valence-electron chi connectivity index (χ3n) is 4.89. The topological polar surface area (TPSA) is 49.4 Å². The van der Waals surface area contributed by atoms with E-state index >= 15 is 0 Å². The lowest BCUT2D eigenvalue weighted by Gasteiger charge is -2.31. The summed E-state index contributed by atoms with van der Waals surface area (Å²) in [5.41, 5.74) is 0.871. The van der Waals surface area contributed by atoms with Gasteiger partial charge in [0.25, 0.3) is 0 Å². The number of nitrogens with zero attached hydrogens (tertiary/aromatic N) is 1. The molecule has 0 bridgehead atoms. The van der Waals surface area contributed by atoms with Crippen LogP contribution in [0, 0.1) is 0 Å². The van der Waals surface area contributed by atoms with E-state index in [0.29, 0.717) is 29.4 Å². The quantitative estimate of drug-likeness (QED) is 0.672. The molecule has 26 heavy (non-hydrogen) atoms. The van der Waals surface area contributed by atoms with Crippen molar-refractivity contribution in [3.05, 3.63) is 33.8 Å². The summed E-state index contributed by atoms with van der Waals surface area (Å²) in [6, 6.07) is 5.11. The molecule has 1 aliphatic rings. The molecule has 0 unspecified atom stereocenters. The highest BCUT2D eigenvalue weighted by molar-refractivity contribution is 6.42. The number of halogens is 2. The van der Waals surface area contributed by atoms with Crippen LogP contribution >= 0.6 is 23.2 Å². The molecule has 1 saturated carbocycles. The van der Waals surface area contributed by atoms with E-state index in [2.05, 4.69) is 5.32 Å². The van der Waals surface area contributed by atoms with Crippen molar-refractivity contribution in [3.63, 3.8) is 0 Å². The molecule has 1 aromatic rings. The minimum Gasteiger partial charge on any atom is -0.352 e. The number of carbonyl (C=O) groups is 2. The number of amides is 2. The van der Waals surface area contributed by atoms with E-state index < -0.39 is 6.04 Å². The lowest BCUT2D eigenvalue weighted by molar-refractivity contribution is -0.141. The van der Waals surface area contributed by atoms with Gasteiger partial charge in [-0.25, -0.2) is 0 Å². The summed E-state index contributed by atoms with van der Waals surface area (Å²) >= 11 is 12.1. The van der Waals surface area contributed by atoms with E-state index in [1.165, 1.54) is 0 Å². The van der Waals surface area contributed by atoms with Gasteiger partial charge in [-0.3, -0.25) is 9.59 Å². The van der Waals surface area contributed by atoms with Crippen LogP contribution in [-0.4, -0.2) is 28.8 Å². The summed E-state index contributed by atoms with van der Waals surface area (Å²) in [5, 5.41) is 4.07. The van der Waals surface area contributed by atoms with Gasteiger partial charge in [0.05, 0.1) is 10.0 Å². The maximum Gasteiger partial charge on any atom is 0.243 e. The highest BCUT2D eigenvalue weighted by atomic mass is 35.5. The summed E-state index contributed by atoms with van der Waals surface area (Å²) in [6.45, 7) is 4.26. The van der Waals surface area contributed by atoms with Gasteiger partial charge in [-0.15, -0.1) is 0 Å². The van der Waals surface area contributed by atoms with Crippen LogP contribution < -0.4 is 5.32 Å². The highest BCUT2D eigenvalue weighted by Crippen LogP contribution is 2.24. The number of carbonyl (C=O) groups excluding carboxylic acids is 2. The molecule has 1 N–H and O–H groups in total. The largest absolute Gasteiger partial charge is 0.352 e. The summed E-state index contributed by atoms with van der Waals surface area (Å²) in [4.78, 5) is 27.3. The second-order valence-electron chi connectivity index (χ2n) is 6.93. The van der Waals surface area contributed by atoms with Crippen LogP contribution in [0.4, 0.5) is 0 Å². The van der Waals surface area contributed by atoms with Crippen molar-refractivity contribution in [2.45, 2.75) is 77.4 Å². The van der Waals surface area contributed by atoms with Crippen molar-refractivity contribution in [2.24, 2.45) is 0 Å². The monoisotopic (exact) mass is 398 g/mol. The first kappa shape index (κ1) is 21.0. The molecule has 6 heteroatoms. The first-order chi connectivity index (χ1) is 12.5. The Morgan fingerprint density at radius 2 is 1.88 bits per heavy atom. The van der Waals surface area contributed by atoms with Crippen LogP contribution in [0.15, 0.2) is 18.2 Å². The molecular weight excluding hydrogens is 371 g/mol. The molecular formula is C20H28Cl2N2O2. The molecule has 0 radical (unpaired) electrons. The Kier molecular flexibility index (Phi) is 8.23. The van der Waals surface area contributed by atoms with Crippen LogP contribution in [0.1, 0.15) is 64.4 Å². The van der Waals surface area contributed by atoms with E-state index in [4.69, 9.17) is 23.2 Å². The first-order valence-electron chi connectivity index (χ1n) is 9.50. The van der Waals surface area contributed by atoms with E-state index in [0.717, 1.165) is 37.7 Å². The summed E-state index contributed by atoms with van der Waals surface area (Å²) in [6.07, 6.45) is 6.12. The number of rotatable bonds is 8.